The predicted molar refractivity (Wildman–Crippen MR) is 191 cm³/mol. The Hall–Kier alpha value is -0.330. The van der Waals surface area contributed by atoms with Gasteiger partial charge < -0.3 is 26.8 Å². The van der Waals surface area contributed by atoms with Gasteiger partial charge in [-0.3, -0.25) is 4.55 Å². The Kier molecular flexibility index (Phi) is 14.9. The molecule has 7 N–H and O–H groups in total. The van der Waals surface area contributed by atoms with Crippen LogP contribution in [0, 0.1) is 52.3 Å². The van der Waals surface area contributed by atoms with Gasteiger partial charge in [-0.1, -0.05) is 34.6 Å². The number of unbranched alkanes of at least 4 members (excludes halogenated alkanes) is 1. The van der Waals surface area contributed by atoms with E-state index in [4.69, 9.17) is 9.92 Å². The Balaban J connectivity index is 1.23. The predicted octanol–water partition coefficient (Wildman–Crippen LogP) is 5.53. The largest absolute Gasteiger partial charge is 0.397 e. The molecule has 0 aromatic rings. The summed E-state index contributed by atoms with van der Waals surface area (Å²) in [5.74, 6) is 3.20. The van der Waals surface area contributed by atoms with Crippen molar-refractivity contribution in [2.45, 2.75) is 143 Å². The smallest absolute Gasteiger partial charge is 0.393 e. The molecule has 4 aliphatic carbocycles. The molecule has 4 rings (SSSR count). The number of rotatable bonds is 20. The number of hydrogen-bond donors (Lipinski definition) is 6. The zero-order valence-electron chi connectivity index (χ0n) is 30.5. The van der Waals surface area contributed by atoms with Gasteiger partial charge in [-0.2, -0.15) is 8.42 Å². The number of fused-ring (bicyclic) bond motifs is 5. The third-order valence-electron chi connectivity index (χ3n) is 13.8. The molecule has 0 aliphatic heterocycles. The lowest BCUT2D eigenvalue weighted by atomic mass is 9.43. The van der Waals surface area contributed by atoms with Gasteiger partial charge in [0.15, 0.2) is 0 Å². The zero-order chi connectivity index (χ0) is 34.2. The Morgan fingerprint density at radius 1 is 0.830 bits per heavy atom. The Labute approximate surface area is 288 Å². The van der Waals surface area contributed by atoms with Crippen molar-refractivity contribution in [1.82, 2.24) is 16.0 Å². The van der Waals surface area contributed by atoms with Crippen molar-refractivity contribution in [3.63, 3.8) is 0 Å². The molecule has 4 aliphatic rings. The minimum atomic E-state index is -4.46. The van der Waals surface area contributed by atoms with Crippen LogP contribution in [0.25, 0.3) is 0 Å². The summed E-state index contributed by atoms with van der Waals surface area (Å²) in [6.07, 6.45) is 15.0. The number of nitrogens with two attached hydrogens (primary N) is 1. The third kappa shape index (κ3) is 10.1. The number of nitrogens with one attached hydrogen (secondary N) is 3. The Morgan fingerprint density at radius 2 is 1.47 bits per heavy atom. The molecule has 0 amide bonds. The second kappa shape index (κ2) is 17.7. The Bertz CT molecular complexity index is 1050. The minimum absolute atomic E-state index is 0.0137. The molecular formula is C37H72N4O5S. The standard InChI is InChI=1S/C37H72N4O5S/c1-26(2)34(46-47(43,44)45)13-10-27(3)30-11-12-31-35-32(15-17-37(30,31)5)36(4)16-14-29(24-28(36)25-33(35)42)41-23-9-22-40-20-7-6-19-39-21-8-18-38/h26-35,39-42H,6-25,38H2,1-5H3,(H,43,44,45)/t27-,28-,29+,30-,31+,32+,33-,34?,35+,36+,37-/m1/s1. The number of hydrogen-bond acceptors (Lipinski definition) is 8. The summed E-state index contributed by atoms with van der Waals surface area (Å²) in [6, 6.07) is 0.571. The van der Waals surface area contributed by atoms with Crippen molar-refractivity contribution >= 4 is 10.4 Å². The molecule has 47 heavy (non-hydrogen) atoms. The van der Waals surface area contributed by atoms with Crippen LogP contribution in [-0.4, -0.2) is 75.6 Å². The molecule has 0 heterocycles. The van der Waals surface area contributed by atoms with E-state index in [-0.39, 0.29) is 17.4 Å². The fourth-order valence-corrected chi connectivity index (χ4v) is 11.8. The molecule has 1 unspecified atom stereocenters. The maximum Gasteiger partial charge on any atom is 0.397 e. The van der Waals surface area contributed by atoms with Gasteiger partial charge in [0.1, 0.15) is 0 Å². The van der Waals surface area contributed by atoms with Crippen molar-refractivity contribution in [3.05, 3.63) is 0 Å². The summed E-state index contributed by atoms with van der Waals surface area (Å²) < 4.78 is 37.2. The van der Waals surface area contributed by atoms with Crippen LogP contribution in [0.1, 0.15) is 125 Å². The van der Waals surface area contributed by atoms with Gasteiger partial charge in [0.25, 0.3) is 0 Å². The molecule has 4 fully saturated rings. The first-order valence-electron chi connectivity index (χ1n) is 19.5. The van der Waals surface area contributed by atoms with E-state index in [1.165, 1.54) is 57.8 Å². The van der Waals surface area contributed by atoms with Crippen molar-refractivity contribution in [3.8, 4) is 0 Å². The minimum Gasteiger partial charge on any atom is -0.393 e. The summed E-state index contributed by atoms with van der Waals surface area (Å²) in [7, 11) is -4.46. The molecule has 0 aromatic carbocycles. The highest BCUT2D eigenvalue weighted by Gasteiger charge is 2.62. The van der Waals surface area contributed by atoms with Gasteiger partial charge in [-0.15, -0.1) is 0 Å². The molecule has 4 saturated carbocycles. The first kappa shape index (κ1) is 39.5. The van der Waals surface area contributed by atoms with Crippen LogP contribution in [0.2, 0.25) is 0 Å². The third-order valence-corrected chi connectivity index (χ3v) is 14.3. The van der Waals surface area contributed by atoms with E-state index in [0.29, 0.717) is 53.4 Å². The second-order valence-corrected chi connectivity index (χ2v) is 18.1. The Morgan fingerprint density at radius 3 is 2.13 bits per heavy atom. The average Bonchev–Trinajstić information content (AvgIpc) is 3.36. The van der Waals surface area contributed by atoms with Gasteiger partial charge in [0, 0.05) is 6.04 Å². The fourth-order valence-electron chi connectivity index (χ4n) is 11.2. The average molecular weight is 685 g/mol. The van der Waals surface area contributed by atoms with Crippen molar-refractivity contribution in [2.24, 2.45) is 58.0 Å². The van der Waals surface area contributed by atoms with Gasteiger partial charge in [0.2, 0.25) is 0 Å². The van der Waals surface area contributed by atoms with Crippen molar-refractivity contribution in [2.75, 3.05) is 39.3 Å². The summed E-state index contributed by atoms with van der Waals surface area (Å²) in [6.45, 7) is 17.4. The monoisotopic (exact) mass is 685 g/mol. The van der Waals surface area contributed by atoms with Gasteiger partial charge in [-0.05, 0) is 181 Å². The van der Waals surface area contributed by atoms with E-state index < -0.39 is 16.5 Å². The van der Waals surface area contributed by atoms with Crippen LogP contribution in [0.15, 0.2) is 0 Å². The molecule has 10 heteroatoms. The maximum absolute atomic E-state index is 11.8. The van der Waals surface area contributed by atoms with Gasteiger partial charge in [-0.25, -0.2) is 4.18 Å². The fraction of sp³-hybridized carbons (Fsp3) is 1.00. The van der Waals surface area contributed by atoms with Crippen LogP contribution < -0.4 is 21.7 Å². The molecule has 0 spiro atoms. The number of aliphatic hydroxyl groups excluding tert-OH is 1. The van der Waals surface area contributed by atoms with E-state index in [2.05, 4.69) is 36.7 Å². The summed E-state index contributed by atoms with van der Waals surface area (Å²) in [4.78, 5) is 0. The molecular weight excluding hydrogens is 612 g/mol. The maximum atomic E-state index is 11.8. The van der Waals surface area contributed by atoms with E-state index >= 15 is 0 Å². The highest BCUT2D eigenvalue weighted by molar-refractivity contribution is 7.80. The van der Waals surface area contributed by atoms with Crippen LogP contribution in [0.4, 0.5) is 0 Å². The van der Waals surface area contributed by atoms with Crippen LogP contribution in [0.3, 0.4) is 0 Å². The lowest BCUT2D eigenvalue weighted by molar-refractivity contribution is -0.167. The molecule has 0 saturated heterocycles. The van der Waals surface area contributed by atoms with E-state index in [1.807, 2.05) is 13.8 Å². The number of aliphatic hydroxyl groups is 1. The van der Waals surface area contributed by atoms with Crippen LogP contribution in [0.5, 0.6) is 0 Å². The molecule has 0 aromatic heterocycles. The zero-order valence-corrected chi connectivity index (χ0v) is 31.3. The first-order chi connectivity index (χ1) is 22.3. The molecule has 0 bridgehead atoms. The highest BCUT2D eigenvalue weighted by atomic mass is 32.3. The summed E-state index contributed by atoms with van der Waals surface area (Å²) in [5.41, 5.74) is 6.08. The van der Waals surface area contributed by atoms with E-state index in [0.717, 1.165) is 65.0 Å². The normalized spacial score (nSPS) is 36.9. The van der Waals surface area contributed by atoms with Crippen LogP contribution >= 0.6 is 0 Å². The lowest BCUT2D eigenvalue weighted by Gasteiger charge is -2.62. The van der Waals surface area contributed by atoms with Crippen LogP contribution in [-0.2, 0) is 14.6 Å². The highest BCUT2D eigenvalue weighted by Crippen LogP contribution is 2.68. The quantitative estimate of drug-likeness (QED) is 0.0720. The van der Waals surface area contributed by atoms with Crippen molar-refractivity contribution in [1.29, 1.82) is 0 Å². The molecule has 9 nitrogen and oxygen atoms in total. The SMILES string of the molecule is CC(C)C(CC[C@@H](C)[C@H]1CC[C@H]2[C@@H]3[C@H](O)C[C@H]4C[C@@H](NCCCNCCCCNCCCN)CC[C@]4(C)[C@H]3CC[C@]12C)OS(=O)(=O)O. The molecule has 276 valence electrons. The van der Waals surface area contributed by atoms with E-state index in [9.17, 15) is 18.1 Å². The molecule has 11 atom stereocenters. The lowest BCUT2D eigenvalue weighted by Crippen LogP contribution is -2.59. The summed E-state index contributed by atoms with van der Waals surface area (Å²) in [5, 5.41) is 22.8. The van der Waals surface area contributed by atoms with Crippen molar-refractivity contribution < 1.29 is 22.3 Å². The first-order valence-corrected chi connectivity index (χ1v) is 20.8. The molecule has 0 radical (unpaired) electrons. The summed E-state index contributed by atoms with van der Waals surface area (Å²) >= 11 is 0. The second-order valence-electron chi connectivity index (χ2n) is 17.0. The van der Waals surface area contributed by atoms with Gasteiger partial charge >= 0.3 is 10.4 Å². The van der Waals surface area contributed by atoms with Gasteiger partial charge in [0.05, 0.1) is 12.2 Å². The topological polar surface area (TPSA) is 146 Å². The van der Waals surface area contributed by atoms with E-state index in [1.54, 1.807) is 0 Å².